The van der Waals surface area contributed by atoms with Crippen LogP contribution in [0.4, 0.5) is 0 Å². The van der Waals surface area contributed by atoms with Crippen molar-refractivity contribution in [3.8, 4) is 23.0 Å². The summed E-state index contributed by atoms with van der Waals surface area (Å²) in [5.41, 5.74) is 3.79. The first kappa shape index (κ1) is 13.3. The van der Waals surface area contributed by atoms with Crippen molar-refractivity contribution in [2.45, 2.75) is 6.92 Å². The van der Waals surface area contributed by atoms with E-state index >= 15 is 0 Å². The zero-order valence-corrected chi connectivity index (χ0v) is 12.0. The standard InChI is InChI=1S/C16H11ClN4/c1-11-3-2-4-14(9-11)21-16(15(10-18)19-20-21)12-5-7-13(17)8-6-12/h2-9H,1H3. The molecule has 0 bridgehead atoms. The van der Waals surface area contributed by atoms with Crippen molar-refractivity contribution in [1.29, 1.82) is 5.26 Å². The molecule has 0 amide bonds. The third-order valence-corrected chi connectivity index (χ3v) is 3.39. The normalized spacial score (nSPS) is 10.3. The molecule has 102 valence electrons. The van der Waals surface area contributed by atoms with Gasteiger partial charge in [0.25, 0.3) is 0 Å². The van der Waals surface area contributed by atoms with Crippen LogP contribution in [-0.2, 0) is 0 Å². The maximum absolute atomic E-state index is 9.26. The van der Waals surface area contributed by atoms with Gasteiger partial charge in [-0.1, -0.05) is 41.1 Å². The molecule has 3 rings (SSSR count). The molecule has 0 atom stereocenters. The first-order valence-electron chi connectivity index (χ1n) is 6.38. The van der Waals surface area contributed by atoms with Gasteiger partial charge in [-0.15, -0.1) is 5.10 Å². The second-order valence-electron chi connectivity index (χ2n) is 4.66. The van der Waals surface area contributed by atoms with Crippen LogP contribution in [0.25, 0.3) is 16.9 Å². The first-order valence-corrected chi connectivity index (χ1v) is 6.75. The van der Waals surface area contributed by atoms with Crippen LogP contribution in [0.3, 0.4) is 0 Å². The maximum atomic E-state index is 9.26. The number of rotatable bonds is 2. The maximum Gasteiger partial charge on any atom is 0.191 e. The molecular formula is C16H11ClN4. The van der Waals surface area contributed by atoms with Gasteiger partial charge in [0.2, 0.25) is 0 Å². The molecule has 21 heavy (non-hydrogen) atoms. The Labute approximate surface area is 127 Å². The van der Waals surface area contributed by atoms with Gasteiger partial charge < -0.3 is 0 Å². The molecule has 0 fully saturated rings. The average Bonchev–Trinajstić information content (AvgIpc) is 2.92. The lowest BCUT2D eigenvalue weighted by Crippen LogP contribution is -2.00. The topological polar surface area (TPSA) is 54.5 Å². The zero-order valence-electron chi connectivity index (χ0n) is 11.3. The largest absolute Gasteiger partial charge is 0.211 e. The number of hydrogen-bond acceptors (Lipinski definition) is 3. The lowest BCUT2D eigenvalue weighted by molar-refractivity contribution is 0.806. The van der Waals surface area contributed by atoms with Gasteiger partial charge >= 0.3 is 0 Å². The molecule has 4 nitrogen and oxygen atoms in total. The summed E-state index contributed by atoms with van der Waals surface area (Å²) < 4.78 is 1.68. The number of nitrogens with zero attached hydrogens (tertiary/aromatic N) is 4. The van der Waals surface area contributed by atoms with Gasteiger partial charge in [-0.05, 0) is 36.8 Å². The van der Waals surface area contributed by atoms with E-state index < -0.39 is 0 Å². The van der Waals surface area contributed by atoms with Crippen molar-refractivity contribution in [3.63, 3.8) is 0 Å². The number of nitriles is 1. The van der Waals surface area contributed by atoms with Crippen LogP contribution in [0, 0.1) is 18.3 Å². The monoisotopic (exact) mass is 294 g/mol. The highest BCUT2D eigenvalue weighted by molar-refractivity contribution is 6.30. The van der Waals surface area contributed by atoms with Gasteiger partial charge in [0, 0.05) is 10.6 Å². The predicted octanol–water partition coefficient (Wildman–Crippen LogP) is 3.77. The molecule has 0 aliphatic heterocycles. The van der Waals surface area contributed by atoms with Gasteiger partial charge in [-0.3, -0.25) is 0 Å². The highest BCUT2D eigenvalue weighted by Crippen LogP contribution is 2.26. The molecular weight excluding hydrogens is 284 g/mol. The average molecular weight is 295 g/mol. The van der Waals surface area contributed by atoms with Crippen LogP contribution < -0.4 is 0 Å². The minimum atomic E-state index is 0.291. The molecule has 0 unspecified atom stereocenters. The SMILES string of the molecule is Cc1cccc(-n2nnc(C#N)c2-c2ccc(Cl)cc2)c1. The fourth-order valence-electron chi connectivity index (χ4n) is 2.16. The van der Waals surface area contributed by atoms with E-state index in [1.165, 1.54) is 0 Å². The van der Waals surface area contributed by atoms with Gasteiger partial charge in [-0.25, -0.2) is 4.68 Å². The number of aryl methyl sites for hydroxylation is 1. The molecule has 0 N–H and O–H groups in total. The second kappa shape index (κ2) is 5.39. The minimum Gasteiger partial charge on any atom is -0.211 e. The third kappa shape index (κ3) is 2.51. The number of benzene rings is 2. The Morgan fingerprint density at radius 3 is 2.57 bits per heavy atom. The van der Waals surface area contributed by atoms with Crippen molar-refractivity contribution >= 4 is 11.6 Å². The lowest BCUT2D eigenvalue weighted by atomic mass is 10.1. The fraction of sp³-hybridized carbons (Fsp3) is 0.0625. The van der Waals surface area contributed by atoms with Gasteiger partial charge in [0.15, 0.2) is 5.69 Å². The van der Waals surface area contributed by atoms with Gasteiger partial charge in [-0.2, -0.15) is 5.26 Å². The molecule has 0 saturated carbocycles. The van der Waals surface area contributed by atoms with Gasteiger partial charge in [0.05, 0.1) is 5.69 Å². The van der Waals surface area contributed by atoms with Crippen molar-refractivity contribution in [2.75, 3.05) is 0 Å². The van der Waals surface area contributed by atoms with E-state index in [4.69, 9.17) is 11.6 Å². The van der Waals surface area contributed by atoms with Gasteiger partial charge in [0.1, 0.15) is 11.8 Å². The fourth-order valence-corrected chi connectivity index (χ4v) is 2.29. The summed E-state index contributed by atoms with van der Waals surface area (Å²) in [6.07, 6.45) is 0. The van der Waals surface area contributed by atoms with Crippen molar-refractivity contribution in [3.05, 3.63) is 64.8 Å². The predicted molar refractivity (Wildman–Crippen MR) is 81.3 cm³/mol. The second-order valence-corrected chi connectivity index (χ2v) is 5.09. The van der Waals surface area contributed by atoms with Crippen molar-refractivity contribution < 1.29 is 0 Å². The van der Waals surface area contributed by atoms with E-state index in [2.05, 4.69) is 16.4 Å². The summed E-state index contributed by atoms with van der Waals surface area (Å²) in [6.45, 7) is 2.01. The van der Waals surface area contributed by atoms with Crippen LogP contribution in [0.2, 0.25) is 5.02 Å². The molecule has 0 aliphatic rings. The van der Waals surface area contributed by atoms with E-state index in [1.807, 2.05) is 43.3 Å². The highest BCUT2D eigenvalue weighted by atomic mass is 35.5. The van der Waals surface area contributed by atoms with Crippen LogP contribution in [0.1, 0.15) is 11.3 Å². The third-order valence-electron chi connectivity index (χ3n) is 3.14. The Morgan fingerprint density at radius 1 is 1.14 bits per heavy atom. The van der Waals surface area contributed by atoms with Crippen LogP contribution in [0.5, 0.6) is 0 Å². The van der Waals surface area contributed by atoms with E-state index in [1.54, 1.807) is 16.8 Å². The summed E-state index contributed by atoms with van der Waals surface area (Å²) >= 11 is 5.92. The van der Waals surface area contributed by atoms with Crippen LogP contribution in [0.15, 0.2) is 48.5 Å². The summed E-state index contributed by atoms with van der Waals surface area (Å²) in [6, 6.07) is 17.2. The first-order chi connectivity index (χ1) is 10.2. The van der Waals surface area contributed by atoms with Crippen molar-refractivity contribution in [1.82, 2.24) is 15.0 Å². The summed E-state index contributed by atoms with van der Waals surface area (Å²) in [5.74, 6) is 0. The molecule has 5 heteroatoms. The van der Waals surface area contributed by atoms with Crippen molar-refractivity contribution in [2.24, 2.45) is 0 Å². The molecule has 1 aromatic heterocycles. The molecule has 3 aromatic rings. The molecule has 0 spiro atoms. The molecule has 1 heterocycles. The van der Waals surface area contributed by atoms with E-state index in [0.29, 0.717) is 16.4 Å². The molecule has 0 radical (unpaired) electrons. The van der Waals surface area contributed by atoms with E-state index in [9.17, 15) is 5.26 Å². The Kier molecular flexibility index (Phi) is 3.43. The summed E-state index contributed by atoms with van der Waals surface area (Å²) in [4.78, 5) is 0. The Balaban J connectivity index is 2.22. The quantitative estimate of drug-likeness (QED) is 0.723. The Bertz CT molecular complexity index is 828. The smallest absolute Gasteiger partial charge is 0.191 e. The lowest BCUT2D eigenvalue weighted by Gasteiger charge is -2.07. The van der Waals surface area contributed by atoms with E-state index in [-0.39, 0.29) is 0 Å². The minimum absolute atomic E-state index is 0.291. The molecule has 0 aliphatic carbocycles. The Hall–Kier alpha value is -2.64. The van der Waals surface area contributed by atoms with Crippen LogP contribution in [-0.4, -0.2) is 15.0 Å². The number of aromatic nitrogens is 3. The van der Waals surface area contributed by atoms with Crippen LogP contribution >= 0.6 is 11.6 Å². The molecule has 0 saturated heterocycles. The zero-order chi connectivity index (χ0) is 14.8. The highest BCUT2D eigenvalue weighted by Gasteiger charge is 2.16. The van der Waals surface area contributed by atoms with E-state index in [0.717, 1.165) is 16.8 Å². The summed E-state index contributed by atoms with van der Waals surface area (Å²) in [5, 5.41) is 18.0. The number of halogens is 1. The molecule has 2 aromatic carbocycles. The number of hydrogen-bond donors (Lipinski definition) is 0. The summed E-state index contributed by atoms with van der Waals surface area (Å²) in [7, 11) is 0. The Morgan fingerprint density at radius 2 is 1.90 bits per heavy atom.